The Balaban J connectivity index is 0.00000353. The van der Waals surface area contributed by atoms with Crippen LogP contribution in [0.4, 0.5) is 0 Å². The van der Waals surface area contributed by atoms with Crippen molar-refractivity contribution in [1.29, 1.82) is 0 Å². The van der Waals surface area contributed by atoms with Crippen LogP contribution in [0.5, 0.6) is 23.0 Å². The predicted octanol–water partition coefficient (Wildman–Crippen LogP) is 3.10. The van der Waals surface area contributed by atoms with Crippen molar-refractivity contribution in [1.82, 2.24) is 0 Å². The molecule has 0 bridgehead atoms. The first-order chi connectivity index (χ1) is 18.6. The molecule has 0 aromatic heterocycles. The van der Waals surface area contributed by atoms with Crippen LogP contribution < -0.4 is 42.9 Å². The number of likely N-dealkylation sites (N-methyl/N-ethyl adjacent to an activating group) is 1. The van der Waals surface area contributed by atoms with Crippen molar-refractivity contribution < 1.29 is 47.5 Å². The molecule has 5 rings (SSSR count). The number of halogens is 1. The summed E-state index contributed by atoms with van der Waals surface area (Å²) in [4.78, 5) is 0. The SMILES string of the molecule is COc1cc(CC2=[N+](C)CCc3cc(OC)c(OCc4ccccc4)cc32)ccc1OCc1ccccc1.[I-]. The molecule has 0 spiro atoms. The third kappa shape index (κ3) is 6.92. The fourth-order valence-corrected chi connectivity index (χ4v) is 4.81. The lowest BCUT2D eigenvalue weighted by atomic mass is 9.92. The summed E-state index contributed by atoms with van der Waals surface area (Å²) in [5.41, 5.74) is 7.12. The van der Waals surface area contributed by atoms with Gasteiger partial charge in [0.15, 0.2) is 28.7 Å². The van der Waals surface area contributed by atoms with Crippen molar-refractivity contribution in [3.05, 3.63) is 119 Å². The summed E-state index contributed by atoms with van der Waals surface area (Å²) >= 11 is 0. The number of hydrogen-bond donors (Lipinski definition) is 0. The van der Waals surface area contributed by atoms with Gasteiger partial charge in [-0.25, -0.2) is 4.58 Å². The van der Waals surface area contributed by atoms with Gasteiger partial charge in [-0.2, -0.15) is 0 Å². The molecule has 0 saturated heterocycles. The summed E-state index contributed by atoms with van der Waals surface area (Å²) in [5.74, 6) is 3.00. The average Bonchev–Trinajstić information content (AvgIpc) is 2.97. The molecule has 0 unspecified atom stereocenters. The number of hydrogen-bond acceptors (Lipinski definition) is 4. The van der Waals surface area contributed by atoms with Crippen LogP contribution in [0.25, 0.3) is 0 Å². The number of rotatable bonds is 10. The van der Waals surface area contributed by atoms with E-state index in [9.17, 15) is 0 Å². The number of ether oxygens (including phenoxy) is 4. The van der Waals surface area contributed by atoms with Gasteiger partial charge in [0, 0.05) is 12.0 Å². The molecular formula is C33H34INO4. The first-order valence-corrected chi connectivity index (χ1v) is 12.9. The van der Waals surface area contributed by atoms with Crippen molar-refractivity contribution in [2.75, 3.05) is 27.8 Å². The molecular weight excluding hydrogens is 601 g/mol. The molecule has 1 aliphatic rings. The van der Waals surface area contributed by atoms with Gasteiger partial charge < -0.3 is 42.9 Å². The number of benzene rings is 4. The van der Waals surface area contributed by atoms with E-state index in [4.69, 9.17) is 18.9 Å². The Labute approximate surface area is 248 Å². The molecule has 0 saturated carbocycles. The van der Waals surface area contributed by atoms with E-state index in [0.29, 0.717) is 13.2 Å². The molecule has 0 fully saturated rings. The highest BCUT2D eigenvalue weighted by Gasteiger charge is 2.26. The van der Waals surface area contributed by atoms with Gasteiger partial charge >= 0.3 is 0 Å². The maximum atomic E-state index is 6.24. The number of fused-ring (bicyclic) bond motifs is 1. The molecule has 6 heteroatoms. The second-order valence-corrected chi connectivity index (χ2v) is 9.49. The van der Waals surface area contributed by atoms with Crippen molar-refractivity contribution in [2.45, 2.75) is 26.1 Å². The summed E-state index contributed by atoms with van der Waals surface area (Å²) in [6.07, 6.45) is 1.73. The van der Waals surface area contributed by atoms with Crippen molar-refractivity contribution in [3.63, 3.8) is 0 Å². The monoisotopic (exact) mass is 635 g/mol. The lowest BCUT2D eigenvalue weighted by Gasteiger charge is -2.20. The first kappa shape index (κ1) is 28.5. The van der Waals surface area contributed by atoms with E-state index in [2.05, 4.69) is 60.2 Å². The third-order valence-electron chi connectivity index (χ3n) is 6.95. The second-order valence-electron chi connectivity index (χ2n) is 9.49. The molecule has 4 aromatic carbocycles. The fraction of sp³-hybridized carbons (Fsp3) is 0.242. The van der Waals surface area contributed by atoms with E-state index in [-0.39, 0.29) is 24.0 Å². The molecule has 202 valence electrons. The lowest BCUT2D eigenvalue weighted by molar-refractivity contribution is -0.498. The Bertz CT molecular complexity index is 1420. The van der Waals surface area contributed by atoms with Gasteiger partial charge in [-0.3, -0.25) is 0 Å². The fourth-order valence-electron chi connectivity index (χ4n) is 4.81. The number of nitrogens with zero attached hydrogens (tertiary/aromatic N) is 1. The van der Waals surface area contributed by atoms with Crippen LogP contribution in [-0.2, 0) is 26.1 Å². The molecule has 1 heterocycles. The number of methoxy groups -OCH3 is 2. The standard InChI is InChI=1S/C33H34NO4.HI/c1-34-17-16-27-20-32(36-3)33(38-23-25-12-8-5-9-13-25)21-28(27)29(34)18-26-14-15-30(31(19-26)35-2)37-22-24-10-6-4-7-11-24;/h4-15,19-21H,16-18,22-23H2,1-3H3;1H/q+1;/p-1. The topological polar surface area (TPSA) is 39.9 Å². The molecule has 5 nitrogen and oxygen atoms in total. The van der Waals surface area contributed by atoms with E-state index in [1.54, 1.807) is 14.2 Å². The van der Waals surface area contributed by atoms with Crippen molar-refractivity contribution in [2.24, 2.45) is 0 Å². The first-order valence-electron chi connectivity index (χ1n) is 12.9. The zero-order valence-electron chi connectivity index (χ0n) is 22.7. The summed E-state index contributed by atoms with van der Waals surface area (Å²) in [6.45, 7) is 1.94. The predicted molar refractivity (Wildman–Crippen MR) is 150 cm³/mol. The van der Waals surface area contributed by atoms with Crippen LogP contribution in [0, 0.1) is 0 Å². The van der Waals surface area contributed by atoms with Gasteiger partial charge in [0.25, 0.3) is 0 Å². The van der Waals surface area contributed by atoms with Gasteiger partial charge in [0.05, 0.1) is 20.6 Å². The van der Waals surface area contributed by atoms with E-state index in [1.807, 2.05) is 42.5 Å². The van der Waals surface area contributed by atoms with Crippen LogP contribution in [0.15, 0.2) is 91.0 Å². The minimum atomic E-state index is 0. The molecule has 0 aliphatic carbocycles. The highest BCUT2D eigenvalue weighted by Crippen LogP contribution is 2.35. The Hall–Kier alpha value is -3.52. The molecule has 0 atom stereocenters. The van der Waals surface area contributed by atoms with Crippen LogP contribution in [-0.4, -0.2) is 38.1 Å². The molecule has 1 aliphatic heterocycles. The smallest absolute Gasteiger partial charge is 0.187 e. The minimum Gasteiger partial charge on any atom is -1.00 e. The Morgan fingerprint density at radius 3 is 1.85 bits per heavy atom. The third-order valence-corrected chi connectivity index (χ3v) is 6.95. The molecule has 0 radical (unpaired) electrons. The van der Waals surface area contributed by atoms with Crippen molar-refractivity contribution >= 4 is 5.71 Å². The van der Waals surface area contributed by atoms with Gasteiger partial charge in [-0.05, 0) is 46.5 Å². The second kappa shape index (κ2) is 13.5. The molecule has 0 amide bonds. The minimum absolute atomic E-state index is 0. The Kier molecular flexibility index (Phi) is 9.87. The zero-order valence-corrected chi connectivity index (χ0v) is 24.8. The van der Waals surface area contributed by atoms with Gasteiger partial charge in [-0.1, -0.05) is 66.7 Å². The summed E-state index contributed by atoms with van der Waals surface area (Å²) in [6, 6.07) is 30.8. The normalized spacial score (nSPS) is 12.3. The highest BCUT2D eigenvalue weighted by atomic mass is 127. The van der Waals surface area contributed by atoms with Crippen LogP contribution in [0.2, 0.25) is 0 Å². The zero-order chi connectivity index (χ0) is 26.3. The summed E-state index contributed by atoms with van der Waals surface area (Å²) < 4.78 is 26.0. The Morgan fingerprint density at radius 2 is 1.23 bits per heavy atom. The van der Waals surface area contributed by atoms with Gasteiger partial charge in [0.1, 0.15) is 26.8 Å². The summed E-state index contributed by atoms with van der Waals surface area (Å²) in [7, 11) is 5.54. The van der Waals surface area contributed by atoms with E-state index in [0.717, 1.165) is 59.1 Å². The maximum Gasteiger partial charge on any atom is 0.187 e. The van der Waals surface area contributed by atoms with E-state index in [1.165, 1.54) is 16.8 Å². The van der Waals surface area contributed by atoms with Gasteiger partial charge in [0.2, 0.25) is 0 Å². The molecule has 39 heavy (non-hydrogen) atoms. The van der Waals surface area contributed by atoms with Crippen molar-refractivity contribution in [3.8, 4) is 23.0 Å². The Morgan fingerprint density at radius 1 is 0.641 bits per heavy atom. The van der Waals surface area contributed by atoms with Crippen LogP contribution >= 0.6 is 0 Å². The summed E-state index contributed by atoms with van der Waals surface area (Å²) in [5, 5.41) is 0. The largest absolute Gasteiger partial charge is 1.00 e. The van der Waals surface area contributed by atoms with Crippen LogP contribution in [0.3, 0.4) is 0 Å². The van der Waals surface area contributed by atoms with Gasteiger partial charge in [-0.15, -0.1) is 0 Å². The molecule has 0 N–H and O–H groups in total. The quantitative estimate of drug-likeness (QED) is 0.199. The average molecular weight is 636 g/mol. The highest BCUT2D eigenvalue weighted by molar-refractivity contribution is 6.00. The maximum absolute atomic E-state index is 6.24. The van der Waals surface area contributed by atoms with E-state index < -0.39 is 0 Å². The van der Waals surface area contributed by atoms with Crippen LogP contribution in [0.1, 0.15) is 27.8 Å². The van der Waals surface area contributed by atoms with E-state index >= 15 is 0 Å². The molecule has 4 aromatic rings. The lowest BCUT2D eigenvalue weighted by Crippen LogP contribution is -3.00.